The molecule has 2 atom stereocenters. The number of nitrogens with zero attached hydrogens (tertiary/aromatic N) is 3. The maximum absolute atomic E-state index is 4.06. The molecule has 1 saturated carbocycles. The van der Waals surface area contributed by atoms with Crippen molar-refractivity contribution in [1.82, 2.24) is 20.1 Å². The third-order valence-corrected chi connectivity index (χ3v) is 3.57. The number of aryl methyl sites for hydroxylation is 1. The largest absolute Gasteiger partial charge is 0.320 e. The molecule has 0 aliphatic heterocycles. The van der Waals surface area contributed by atoms with Crippen molar-refractivity contribution in [2.45, 2.75) is 39.2 Å². The molecule has 1 N–H and O–H groups in total. The molecule has 1 fully saturated rings. The molecule has 1 heterocycles. The topological polar surface area (TPSA) is 42.7 Å². The first kappa shape index (κ1) is 11.6. The fourth-order valence-electron chi connectivity index (χ4n) is 2.60. The van der Waals surface area contributed by atoms with Gasteiger partial charge in [0.05, 0.1) is 6.54 Å². The van der Waals surface area contributed by atoms with E-state index in [-0.39, 0.29) is 0 Å². The van der Waals surface area contributed by atoms with Crippen LogP contribution in [0.25, 0.3) is 0 Å². The summed E-state index contributed by atoms with van der Waals surface area (Å²) < 4.78 is 1.97. The fourth-order valence-corrected chi connectivity index (χ4v) is 2.60. The van der Waals surface area contributed by atoms with Gasteiger partial charge in [0.15, 0.2) is 0 Å². The Bertz CT molecular complexity index is 321. The molecule has 1 aliphatic rings. The van der Waals surface area contributed by atoms with Crippen molar-refractivity contribution in [3.05, 3.63) is 12.2 Å². The average Bonchev–Trinajstić information content (AvgIpc) is 2.65. The van der Waals surface area contributed by atoms with Gasteiger partial charge >= 0.3 is 0 Å². The van der Waals surface area contributed by atoms with Crippen LogP contribution in [0.4, 0.5) is 0 Å². The number of aromatic nitrogens is 3. The van der Waals surface area contributed by atoms with Gasteiger partial charge in [-0.25, -0.2) is 0 Å². The molecule has 0 radical (unpaired) electrons. The van der Waals surface area contributed by atoms with Crippen molar-refractivity contribution in [3.63, 3.8) is 0 Å². The average molecular weight is 222 g/mol. The van der Waals surface area contributed by atoms with E-state index in [1.54, 1.807) is 6.33 Å². The molecule has 4 nitrogen and oxygen atoms in total. The van der Waals surface area contributed by atoms with Crippen molar-refractivity contribution in [2.75, 3.05) is 6.54 Å². The van der Waals surface area contributed by atoms with Crippen LogP contribution in [-0.2, 0) is 13.6 Å². The summed E-state index contributed by atoms with van der Waals surface area (Å²) in [5.74, 6) is 2.79. The second-order valence-corrected chi connectivity index (χ2v) is 5.13. The molecule has 1 aromatic heterocycles. The molecule has 16 heavy (non-hydrogen) atoms. The monoisotopic (exact) mass is 222 g/mol. The second-order valence-electron chi connectivity index (χ2n) is 5.13. The molecule has 2 rings (SSSR count). The van der Waals surface area contributed by atoms with Crippen LogP contribution >= 0.6 is 0 Å². The Morgan fingerprint density at radius 2 is 2.38 bits per heavy atom. The Balaban J connectivity index is 1.70. The van der Waals surface area contributed by atoms with Crippen LogP contribution in [0.2, 0.25) is 0 Å². The third-order valence-electron chi connectivity index (χ3n) is 3.57. The minimum atomic E-state index is 0.835. The summed E-state index contributed by atoms with van der Waals surface area (Å²) in [6, 6.07) is 0. The molecule has 1 aliphatic carbocycles. The second kappa shape index (κ2) is 5.43. The van der Waals surface area contributed by atoms with Crippen LogP contribution in [0.3, 0.4) is 0 Å². The predicted molar refractivity (Wildman–Crippen MR) is 63.8 cm³/mol. The van der Waals surface area contributed by atoms with Crippen molar-refractivity contribution in [1.29, 1.82) is 0 Å². The summed E-state index contributed by atoms with van der Waals surface area (Å²) in [7, 11) is 1.99. The van der Waals surface area contributed by atoms with Crippen LogP contribution in [0, 0.1) is 11.8 Å². The van der Waals surface area contributed by atoms with E-state index in [0.29, 0.717) is 0 Å². The van der Waals surface area contributed by atoms with E-state index in [2.05, 4.69) is 22.4 Å². The predicted octanol–water partition coefficient (Wildman–Crippen LogP) is 1.73. The lowest BCUT2D eigenvalue weighted by molar-refractivity contribution is 0.273. The number of nitrogens with one attached hydrogen (secondary N) is 1. The van der Waals surface area contributed by atoms with Crippen molar-refractivity contribution in [3.8, 4) is 0 Å². The van der Waals surface area contributed by atoms with Gasteiger partial charge < -0.3 is 9.88 Å². The molecule has 4 heteroatoms. The normalized spacial score (nSPS) is 25.9. The SMILES string of the molecule is CC1CCCC(CNCc2nncn2C)C1. The van der Waals surface area contributed by atoms with Gasteiger partial charge in [0.1, 0.15) is 12.2 Å². The maximum Gasteiger partial charge on any atom is 0.146 e. The van der Waals surface area contributed by atoms with Gasteiger partial charge in [0, 0.05) is 7.05 Å². The zero-order valence-electron chi connectivity index (χ0n) is 10.3. The smallest absolute Gasteiger partial charge is 0.146 e. The molecular formula is C12H22N4. The summed E-state index contributed by atoms with van der Waals surface area (Å²) in [6.07, 6.45) is 7.33. The van der Waals surface area contributed by atoms with Crippen molar-refractivity contribution >= 4 is 0 Å². The number of hydrogen-bond donors (Lipinski definition) is 1. The van der Waals surface area contributed by atoms with E-state index in [1.807, 2.05) is 11.6 Å². The Hall–Kier alpha value is -0.900. The molecule has 0 bridgehead atoms. The third kappa shape index (κ3) is 3.04. The zero-order valence-corrected chi connectivity index (χ0v) is 10.3. The Morgan fingerprint density at radius 1 is 1.50 bits per heavy atom. The number of hydrogen-bond acceptors (Lipinski definition) is 3. The van der Waals surface area contributed by atoms with Gasteiger partial charge in [0.2, 0.25) is 0 Å². The summed E-state index contributed by atoms with van der Waals surface area (Å²) in [6.45, 7) is 4.33. The lowest BCUT2D eigenvalue weighted by Crippen LogP contribution is -2.27. The number of rotatable bonds is 4. The van der Waals surface area contributed by atoms with E-state index >= 15 is 0 Å². The van der Waals surface area contributed by atoms with Gasteiger partial charge in [-0.3, -0.25) is 0 Å². The summed E-state index contributed by atoms with van der Waals surface area (Å²) in [5, 5.41) is 11.4. The van der Waals surface area contributed by atoms with E-state index in [0.717, 1.165) is 30.7 Å². The molecule has 1 aromatic rings. The lowest BCUT2D eigenvalue weighted by atomic mass is 9.82. The maximum atomic E-state index is 4.06. The molecule has 0 spiro atoms. The van der Waals surface area contributed by atoms with Gasteiger partial charge in [-0.05, 0) is 31.2 Å². The standard InChI is InChI=1S/C12H22N4/c1-10-4-3-5-11(6-10)7-13-8-12-15-14-9-16(12)2/h9-11,13H,3-8H2,1-2H3. The Kier molecular flexibility index (Phi) is 3.93. The summed E-state index contributed by atoms with van der Waals surface area (Å²) in [4.78, 5) is 0. The summed E-state index contributed by atoms with van der Waals surface area (Å²) >= 11 is 0. The molecule has 0 amide bonds. The minimum absolute atomic E-state index is 0.835. The molecule has 2 unspecified atom stereocenters. The van der Waals surface area contributed by atoms with Crippen molar-refractivity contribution < 1.29 is 0 Å². The van der Waals surface area contributed by atoms with E-state index < -0.39 is 0 Å². The lowest BCUT2D eigenvalue weighted by Gasteiger charge is -2.26. The highest BCUT2D eigenvalue weighted by Crippen LogP contribution is 2.27. The van der Waals surface area contributed by atoms with Crippen LogP contribution in [0.1, 0.15) is 38.4 Å². The Labute approximate surface area is 97.5 Å². The molecule has 90 valence electrons. The first-order valence-electron chi connectivity index (χ1n) is 6.29. The zero-order chi connectivity index (χ0) is 11.4. The van der Waals surface area contributed by atoms with Crippen molar-refractivity contribution in [2.24, 2.45) is 18.9 Å². The Morgan fingerprint density at radius 3 is 3.06 bits per heavy atom. The van der Waals surface area contributed by atoms with E-state index in [1.165, 1.54) is 25.7 Å². The molecule has 0 aromatic carbocycles. The highest BCUT2D eigenvalue weighted by atomic mass is 15.3. The first-order chi connectivity index (χ1) is 7.75. The van der Waals surface area contributed by atoms with Crippen LogP contribution in [-0.4, -0.2) is 21.3 Å². The first-order valence-corrected chi connectivity index (χ1v) is 6.29. The van der Waals surface area contributed by atoms with Gasteiger partial charge in [-0.1, -0.05) is 19.8 Å². The van der Waals surface area contributed by atoms with E-state index in [9.17, 15) is 0 Å². The quantitative estimate of drug-likeness (QED) is 0.843. The van der Waals surface area contributed by atoms with Gasteiger partial charge in [0.25, 0.3) is 0 Å². The molecular weight excluding hydrogens is 200 g/mol. The van der Waals surface area contributed by atoms with Gasteiger partial charge in [-0.15, -0.1) is 10.2 Å². The van der Waals surface area contributed by atoms with Crippen LogP contribution < -0.4 is 5.32 Å². The highest BCUT2D eigenvalue weighted by molar-refractivity contribution is 4.83. The van der Waals surface area contributed by atoms with Crippen LogP contribution in [0.15, 0.2) is 6.33 Å². The molecule has 0 saturated heterocycles. The van der Waals surface area contributed by atoms with E-state index in [4.69, 9.17) is 0 Å². The highest BCUT2D eigenvalue weighted by Gasteiger charge is 2.18. The van der Waals surface area contributed by atoms with Gasteiger partial charge in [-0.2, -0.15) is 0 Å². The van der Waals surface area contributed by atoms with Crippen LogP contribution in [0.5, 0.6) is 0 Å². The summed E-state index contributed by atoms with van der Waals surface area (Å²) in [5.41, 5.74) is 0. The fraction of sp³-hybridized carbons (Fsp3) is 0.833. The minimum Gasteiger partial charge on any atom is -0.320 e.